The molecule has 3 rings (SSSR count). The van der Waals surface area contributed by atoms with Crippen LogP contribution >= 0.6 is 23.2 Å². The Morgan fingerprint density at radius 2 is 1.86 bits per heavy atom. The van der Waals surface area contributed by atoms with Crippen LogP contribution in [-0.4, -0.2) is 14.5 Å². The third-order valence-electron chi connectivity index (χ3n) is 2.94. The standard InChI is InChI=1S/C14H9Cl2N3O2S/c15-10-4-11(16)6-12(5-10)22(20,21)19-13-3-1-2-9-7-17-8-18-14(9)13/h1-8H,(H-,19,20,21)/p+1. The predicted octanol–water partition coefficient (Wildman–Crippen LogP) is 4.30. The van der Waals surface area contributed by atoms with E-state index in [9.17, 15) is 8.76 Å². The van der Waals surface area contributed by atoms with Crippen LogP contribution in [-0.2, 0) is 14.6 Å². The Morgan fingerprint density at radius 3 is 2.59 bits per heavy atom. The first-order valence-electron chi connectivity index (χ1n) is 6.15. The molecule has 2 aromatic carbocycles. The van der Waals surface area contributed by atoms with Crippen LogP contribution < -0.4 is 4.72 Å². The molecular weight excluding hydrogens is 345 g/mol. The van der Waals surface area contributed by atoms with Crippen molar-refractivity contribution in [2.75, 3.05) is 4.72 Å². The Hall–Kier alpha value is -1.73. The molecule has 0 aliphatic heterocycles. The summed E-state index contributed by atoms with van der Waals surface area (Å²) in [6.07, 6.45) is 3.01. The van der Waals surface area contributed by atoms with E-state index < -0.39 is 10.4 Å². The lowest BCUT2D eigenvalue weighted by Gasteiger charge is -2.09. The molecule has 0 amide bonds. The first-order chi connectivity index (χ1) is 10.5. The zero-order chi connectivity index (χ0) is 15.7. The number of benzene rings is 2. The summed E-state index contributed by atoms with van der Waals surface area (Å²) in [5, 5.41) is 1.32. The number of aromatic nitrogens is 2. The quantitative estimate of drug-likeness (QED) is 0.687. The number of anilines is 1. The van der Waals surface area contributed by atoms with Gasteiger partial charge in [0.05, 0.1) is 0 Å². The zero-order valence-electron chi connectivity index (χ0n) is 11.0. The monoisotopic (exact) mass is 354 g/mol. The summed E-state index contributed by atoms with van der Waals surface area (Å²) in [5.74, 6) is 0. The second-order valence-corrected chi connectivity index (χ2v) is 7.10. The molecule has 22 heavy (non-hydrogen) atoms. The number of para-hydroxylation sites is 1. The first kappa shape index (κ1) is 15.2. The van der Waals surface area contributed by atoms with Crippen molar-refractivity contribution in [1.29, 1.82) is 0 Å². The van der Waals surface area contributed by atoms with Gasteiger partial charge in [0.1, 0.15) is 17.5 Å². The highest BCUT2D eigenvalue weighted by molar-refractivity contribution is 7.99. The van der Waals surface area contributed by atoms with Crippen molar-refractivity contribution in [1.82, 2.24) is 9.97 Å². The van der Waals surface area contributed by atoms with E-state index >= 15 is 0 Å². The van der Waals surface area contributed by atoms with Gasteiger partial charge >= 0.3 is 10.4 Å². The predicted molar refractivity (Wildman–Crippen MR) is 88.6 cm³/mol. The summed E-state index contributed by atoms with van der Waals surface area (Å²) >= 11 is 11.8. The van der Waals surface area contributed by atoms with Crippen LogP contribution in [0.5, 0.6) is 0 Å². The molecule has 0 aliphatic rings. The van der Waals surface area contributed by atoms with Gasteiger partial charge < -0.3 is 0 Å². The van der Waals surface area contributed by atoms with Gasteiger partial charge in [-0.25, -0.2) is 9.97 Å². The number of nitrogens with zero attached hydrogens (tertiary/aromatic N) is 2. The molecule has 5 nitrogen and oxygen atoms in total. The van der Waals surface area contributed by atoms with Gasteiger partial charge in [-0.1, -0.05) is 35.3 Å². The zero-order valence-corrected chi connectivity index (χ0v) is 13.4. The Balaban J connectivity index is 2.05. The van der Waals surface area contributed by atoms with Gasteiger partial charge in [0.2, 0.25) is 4.90 Å². The van der Waals surface area contributed by atoms with Crippen molar-refractivity contribution >= 4 is 50.2 Å². The maximum absolute atomic E-state index is 12.6. The normalized spacial score (nSPS) is 13.8. The summed E-state index contributed by atoms with van der Waals surface area (Å²) in [4.78, 5) is 8.15. The van der Waals surface area contributed by atoms with Crippen molar-refractivity contribution in [2.45, 2.75) is 4.90 Å². The van der Waals surface area contributed by atoms with Crippen LogP contribution in [0, 0.1) is 0 Å². The summed E-state index contributed by atoms with van der Waals surface area (Å²) in [7, 11) is -3.58. The molecule has 2 N–H and O–H groups in total. The summed E-state index contributed by atoms with van der Waals surface area (Å²) in [6, 6.07) is 9.50. The topological polar surface area (TPSA) is 75.1 Å². The molecule has 0 spiro atoms. The molecule has 8 heteroatoms. The SMILES string of the molecule is O=[S+](O)(Nc1cccc2cncnc12)c1cc(Cl)cc(Cl)c1. The van der Waals surface area contributed by atoms with Gasteiger partial charge in [-0.3, -0.25) is 0 Å². The van der Waals surface area contributed by atoms with Crippen molar-refractivity contribution in [2.24, 2.45) is 0 Å². The second-order valence-electron chi connectivity index (χ2n) is 4.50. The lowest BCUT2D eigenvalue weighted by molar-refractivity contribution is 0.503. The highest BCUT2D eigenvalue weighted by Crippen LogP contribution is 2.29. The highest BCUT2D eigenvalue weighted by Gasteiger charge is 2.31. The molecule has 0 saturated heterocycles. The Kier molecular flexibility index (Phi) is 4.01. The molecule has 0 aliphatic carbocycles. The molecule has 0 fully saturated rings. The van der Waals surface area contributed by atoms with Crippen molar-refractivity contribution in [3.05, 3.63) is 59.0 Å². The molecule has 0 radical (unpaired) electrons. The number of nitrogens with one attached hydrogen (secondary N) is 1. The molecule has 3 aromatic rings. The number of hydrogen-bond donors (Lipinski definition) is 2. The third kappa shape index (κ3) is 3.05. The number of rotatable bonds is 3. The Morgan fingerprint density at radius 1 is 1.14 bits per heavy atom. The number of fused-ring (bicyclic) bond motifs is 1. The average Bonchev–Trinajstić information content (AvgIpc) is 2.46. The summed E-state index contributed by atoms with van der Waals surface area (Å²) in [6.45, 7) is 0. The van der Waals surface area contributed by atoms with Crippen LogP contribution in [0.4, 0.5) is 5.69 Å². The number of hydrogen-bond acceptors (Lipinski definition) is 3. The van der Waals surface area contributed by atoms with Gasteiger partial charge in [-0.2, -0.15) is 9.27 Å². The molecular formula is C14H10Cl2N3O2S+. The van der Waals surface area contributed by atoms with Gasteiger partial charge in [0.15, 0.2) is 0 Å². The van der Waals surface area contributed by atoms with Gasteiger partial charge in [-0.05, 0) is 16.3 Å². The summed E-state index contributed by atoms with van der Waals surface area (Å²) < 4.78 is 25.5. The van der Waals surface area contributed by atoms with Crippen LogP contribution in [0.15, 0.2) is 53.8 Å². The van der Waals surface area contributed by atoms with Crippen LogP contribution in [0.25, 0.3) is 10.9 Å². The molecule has 112 valence electrons. The van der Waals surface area contributed by atoms with Gasteiger partial charge in [0.25, 0.3) is 0 Å². The lowest BCUT2D eigenvalue weighted by atomic mass is 10.2. The first-order valence-corrected chi connectivity index (χ1v) is 8.42. The van der Waals surface area contributed by atoms with Gasteiger partial charge in [0, 0.05) is 33.8 Å². The van der Waals surface area contributed by atoms with Crippen LogP contribution in [0.3, 0.4) is 0 Å². The average molecular weight is 355 g/mol. The minimum absolute atomic E-state index is 0.0936. The van der Waals surface area contributed by atoms with Crippen molar-refractivity contribution < 1.29 is 8.76 Å². The fraction of sp³-hybridized carbons (Fsp3) is 0. The Labute approximate surface area is 137 Å². The van der Waals surface area contributed by atoms with Crippen molar-refractivity contribution in [3.63, 3.8) is 0 Å². The summed E-state index contributed by atoms with van der Waals surface area (Å²) in [5.41, 5.74) is 0.968. The van der Waals surface area contributed by atoms with E-state index in [2.05, 4.69) is 14.7 Å². The minimum Gasteiger partial charge on any atom is -0.244 e. The van der Waals surface area contributed by atoms with E-state index in [0.717, 1.165) is 5.39 Å². The minimum atomic E-state index is -3.58. The highest BCUT2D eigenvalue weighted by atomic mass is 35.5. The van der Waals surface area contributed by atoms with E-state index in [4.69, 9.17) is 23.2 Å². The second kappa shape index (κ2) is 5.81. The lowest BCUT2D eigenvalue weighted by Crippen LogP contribution is -2.20. The molecule has 0 saturated carbocycles. The fourth-order valence-corrected chi connectivity index (χ4v) is 3.80. The molecule has 1 atom stereocenters. The van der Waals surface area contributed by atoms with E-state index in [1.54, 1.807) is 18.3 Å². The van der Waals surface area contributed by atoms with E-state index in [0.29, 0.717) is 11.2 Å². The fourth-order valence-electron chi connectivity index (χ4n) is 1.99. The van der Waals surface area contributed by atoms with Gasteiger partial charge in [-0.15, -0.1) is 0 Å². The Bertz CT molecular complexity index is 879. The van der Waals surface area contributed by atoms with Crippen LogP contribution in [0.2, 0.25) is 10.0 Å². The largest absolute Gasteiger partial charge is 0.346 e. The maximum atomic E-state index is 12.6. The smallest absolute Gasteiger partial charge is 0.244 e. The molecule has 1 unspecified atom stereocenters. The van der Waals surface area contributed by atoms with E-state index in [1.807, 2.05) is 6.07 Å². The maximum Gasteiger partial charge on any atom is 0.346 e. The van der Waals surface area contributed by atoms with Crippen molar-refractivity contribution in [3.8, 4) is 0 Å². The molecule has 1 aromatic heterocycles. The molecule has 0 bridgehead atoms. The third-order valence-corrected chi connectivity index (χ3v) is 4.75. The van der Waals surface area contributed by atoms with Crippen LogP contribution in [0.1, 0.15) is 0 Å². The van der Waals surface area contributed by atoms with E-state index in [-0.39, 0.29) is 14.9 Å². The molecule has 1 heterocycles. The number of halogens is 2. The van der Waals surface area contributed by atoms with E-state index in [1.165, 1.54) is 24.5 Å².